The predicted octanol–water partition coefficient (Wildman–Crippen LogP) is 7.31. The van der Waals surface area contributed by atoms with Gasteiger partial charge in [-0.05, 0) is 98.2 Å². The van der Waals surface area contributed by atoms with E-state index in [2.05, 4.69) is 46.4 Å². The van der Waals surface area contributed by atoms with Crippen LogP contribution in [0.25, 0.3) is 0 Å². The number of rotatable bonds is 9. The molecule has 0 spiro atoms. The number of ether oxygens (including phenoxy) is 1. The minimum Gasteiger partial charge on any atom is -0.390 e. The monoisotopic (exact) mass is 462 g/mol. The van der Waals surface area contributed by atoms with Crippen LogP contribution < -0.4 is 0 Å². The zero-order chi connectivity index (χ0) is 22.9. The quantitative estimate of drug-likeness (QED) is 0.278. The molecule has 4 rings (SSSR count). The van der Waals surface area contributed by atoms with Crippen LogP contribution in [0.3, 0.4) is 0 Å². The smallest absolute Gasteiger partial charge is 0.0861 e. The first-order valence-electron chi connectivity index (χ1n) is 13.9. The first-order chi connectivity index (χ1) is 15.3. The fourth-order valence-corrected chi connectivity index (χ4v) is 8.64. The van der Waals surface area contributed by atoms with Crippen LogP contribution in [0.1, 0.15) is 98.3 Å². The molecule has 9 atom stereocenters. The van der Waals surface area contributed by atoms with E-state index >= 15 is 0 Å². The number of allylic oxidation sites excluding steroid dienone is 1. The van der Waals surface area contributed by atoms with E-state index in [0.29, 0.717) is 23.9 Å². The summed E-state index contributed by atoms with van der Waals surface area (Å²) in [5.41, 5.74) is 2.09. The molecular formula is C29H50O2S. The summed E-state index contributed by atoms with van der Waals surface area (Å²) in [6.45, 7) is 10.3. The van der Waals surface area contributed by atoms with Crippen LogP contribution in [-0.2, 0) is 4.74 Å². The van der Waals surface area contributed by atoms with Crippen LogP contribution in [0, 0.1) is 46.8 Å². The molecule has 184 valence electrons. The third-order valence-electron chi connectivity index (χ3n) is 10.3. The van der Waals surface area contributed by atoms with Crippen LogP contribution in [-0.4, -0.2) is 29.7 Å². The Bertz CT molecular complexity index is 645. The molecule has 3 saturated carbocycles. The lowest BCUT2D eigenvalue weighted by molar-refractivity contribution is -0.0477. The highest BCUT2D eigenvalue weighted by Gasteiger charge is 2.54. The van der Waals surface area contributed by atoms with Gasteiger partial charge < -0.3 is 9.84 Å². The predicted molar refractivity (Wildman–Crippen MR) is 138 cm³/mol. The first-order valence-corrected chi connectivity index (χ1v) is 14.6. The molecule has 2 nitrogen and oxygen atoms in total. The maximum Gasteiger partial charge on any atom is 0.0861 e. The molecule has 0 aromatic heterocycles. The highest BCUT2D eigenvalue weighted by Crippen LogP contribution is 2.63. The summed E-state index contributed by atoms with van der Waals surface area (Å²) in [5, 5.41) is 9.83. The Morgan fingerprint density at radius 3 is 2.59 bits per heavy atom. The molecule has 0 radical (unpaired) electrons. The van der Waals surface area contributed by atoms with Gasteiger partial charge in [-0.2, -0.15) is 12.6 Å². The molecule has 1 N–H and O–H groups in total. The van der Waals surface area contributed by atoms with Crippen molar-refractivity contribution < 1.29 is 9.84 Å². The minimum absolute atomic E-state index is 0.291. The Labute approximate surface area is 203 Å². The van der Waals surface area contributed by atoms with Crippen molar-refractivity contribution in [3.8, 4) is 0 Å². The summed E-state index contributed by atoms with van der Waals surface area (Å²) in [4.78, 5) is 0. The van der Waals surface area contributed by atoms with Crippen LogP contribution in [0.5, 0.6) is 0 Å². The Kier molecular flexibility index (Phi) is 8.42. The van der Waals surface area contributed by atoms with Gasteiger partial charge in [-0.25, -0.2) is 0 Å². The van der Waals surface area contributed by atoms with E-state index in [0.717, 1.165) is 54.3 Å². The van der Waals surface area contributed by atoms with Gasteiger partial charge >= 0.3 is 0 Å². The molecule has 4 aliphatic carbocycles. The second kappa shape index (κ2) is 10.7. The lowest BCUT2D eigenvalue weighted by Gasteiger charge is -2.55. The Balaban J connectivity index is 1.37. The SMILES string of the molecule is CC(C)CCCC(C)C1CCC2C1CCC1C2CC=C2CC(OCC(O)CS)CCC21C. The molecule has 0 aromatic carbocycles. The number of aliphatic hydroxyl groups is 1. The van der Waals surface area contributed by atoms with E-state index in [9.17, 15) is 5.11 Å². The first kappa shape index (κ1) is 25.1. The third kappa shape index (κ3) is 5.15. The van der Waals surface area contributed by atoms with Gasteiger partial charge in [0, 0.05) is 5.75 Å². The molecule has 3 heteroatoms. The van der Waals surface area contributed by atoms with E-state index in [4.69, 9.17) is 4.74 Å². The summed E-state index contributed by atoms with van der Waals surface area (Å²) in [6, 6.07) is 0. The molecule has 0 bridgehead atoms. The molecule has 0 heterocycles. The molecule has 0 aliphatic heterocycles. The van der Waals surface area contributed by atoms with E-state index in [-0.39, 0.29) is 0 Å². The summed E-state index contributed by atoms with van der Waals surface area (Å²) >= 11 is 4.18. The second-order valence-corrected chi connectivity index (χ2v) is 13.0. The lowest BCUT2D eigenvalue weighted by Crippen LogP contribution is -2.48. The van der Waals surface area contributed by atoms with Crippen molar-refractivity contribution in [1.82, 2.24) is 0 Å². The molecule has 9 unspecified atom stereocenters. The van der Waals surface area contributed by atoms with Crippen molar-refractivity contribution in [3.63, 3.8) is 0 Å². The fraction of sp³-hybridized carbons (Fsp3) is 0.931. The lowest BCUT2D eigenvalue weighted by atomic mass is 9.50. The van der Waals surface area contributed by atoms with Crippen LogP contribution in [0.2, 0.25) is 0 Å². The highest BCUT2D eigenvalue weighted by atomic mass is 32.1. The number of hydrogen-bond acceptors (Lipinski definition) is 3. The van der Waals surface area contributed by atoms with Gasteiger partial charge in [0.2, 0.25) is 0 Å². The summed E-state index contributed by atoms with van der Waals surface area (Å²) in [6.07, 6.45) is 17.6. The van der Waals surface area contributed by atoms with Crippen LogP contribution in [0.15, 0.2) is 11.6 Å². The van der Waals surface area contributed by atoms with Gasteiger partial charge in [0.25, 0.3) is 0 Å². The highest BCUT2D eigenvalue weighted by molar-refractivity contribution is 7.80. The van der Waals surface area contributed by atoms with Crippen molar-refractivity contribution in [2.24, 2.45) is 46.8 Å². The van der Waals surface area contributed by atoms with Crippen molar-refractivity contribution in [3.05, 3.63) is 11.6 Å². The third-order valence-corrected chi connectivity index (χ3v) is 10.8. The fourth-order valence-electron chi connectivity index (χ4n) is 8.54. The Hall–Kier alpha value is 0.0100. The van der Waals surface area contributed by atoms with E-state index in [1.165, 1.54) is 57.8 Å². The number of aliphatic hydroxyl groups excluding tert-OH is 1. The zero-order valence-corrected chi connectivity index (χ0v) is 22.2. The summed E-state index contributed by atoms with van der Waals surface area (Å²) in [5.74, 6) is 7.07. The molecular weight excluding hydrogens is 412 g/mol. The van der Waals surface area contributed by atoms with Crippen LogP contribution in [0.4, 0.5) is 0 Å². The van der Waals surface area contributed by atoms with Crippen molar-refractivity contribution in [1.29, 1.82) is 0 Å². The van der Waals surface area contributed by atoms with Crippen molar-refractivity contribution in [2.75, 3.05) is 12.4 Å². The number of thiol groups is 1. The average Bonchev–Trinajstić information content (AvgIpc) is 3.21. The second-order valence-electron chi connectivity index (χ2n) is 12.6. The van der Waals surface area contributed by atoms with Crippen LogP contribution >= 0.6 is 12.6 Å². The normalized spacial score (nSPS) is 40.9. The maximum absolute atomic E-state index is 9.83. The summed E-state index contributed by atoms with van der Waals surface area (Å²) < 4.78 is 6.08. The topological polar surface area (TPSA) is 29.5 Å². The molecule has 3 fully saturated rings. The summed E-state index contributed by atoms with van der Waals surface area (Å²) in [7, 11) is 0. The van der Waals surface area contributed by atoms with E-state index in [1.54, 1.807) is 5.57 Å². The van der Waals surface area contributed by atoms with E-state index < -0.39 is 6.10 Å². The Morgan fingerprint density at radius 1 is 1.06 bits per heavy atom. The maximum atomic E-state index is 9.83. The average molecular weight is 463 g/mol. The molecule has 4 aliphatic rings. The van der Waals surface area contributed by atoms with Crippen molar-refractivity contribution in [2.45, 2.75) is 111 Å². The largest absolute Gasteiger partial charge is 0.390 e. The standard InChI is InChI=1S/C29H50O2S/c1-19(2)6-5-7-20(3)24-10-11-26-25(24)12-13-28-27(26)9-8-21-16-23(14-15-29(21,28)4)31-17-22(30)18-32/h8,19-20,22-28,30,32H,5-7,9-18H2,1-4H3. The zero-order valence-electron chi connectivity index (χ0n) is 21.3. The molecule has 32 heavy (non-hydrogen) atoms. The molecule has 0 aromatic rings. The minimum atomic E-state index is -0.435. The van der Waals surface area contributed by atoms with Gasteiger partial charge in [0.1, 0.15) is 0 Å². The van der Waals surface area contributed by atoms with Gasteiger partial charge in [0.15, 0.2) is 0 Å². The number of fused-ring (bicyclic) bond motifs is 5. The van der Waals surface area contributed by atoms with Gasteiger partial charge in [0.05, 0.1) is 18.8 Å². The Morgan fingerprint density at radius 2 is 1.84 bits per heavy atom. The number of hydrogen-bond donors (Lipinski definition) is 2. The van der Waals surface area contributed by atoms with Gasteiger partial charge in [-0.15, -0.1) is 0 Å². The van der Waals surface area contributed by atoms with Gasteiger partial charge in [-0.1, -0.05) is 58.6 Å². The van der Waals surface area contributed by atoms with Gasteiger partial charge in [-0.3, -0.25) is 0 Å². The van der Waals surface area contributed by atoms with E-state index in [1.807, 2.05) is 0 Å². The van der Waals surface area contributed by atoms with Crippen molar-refractivity contribution >= 4 is 12.6 Å². The molecule has 0 amide bonds. The molecule has 0 saturated heterocycles.